The standard InChI is InChI=1S/C29H41N7S/c1-20-27-7-4-6-25(35-27)17-33-26(16-23-10-12-24(13-11-23)34-19-37)18-32-22(3)29-9-5-8-28(36-29)21(2)31-15-14-30-20/h10-13,17,25-29,35-36H,4-9,14-16,18H2,1-3H3. The van der Waals surface area contributed by atoms with Crippen LogP contribution in [0.2, 0.25) is 0 Å². The highest BCUT2D eigenvalue weighted by atomic mass is 32.1. The van der Waals surface area contributed by atoms with Gasteiger partial charge in [-0.3, -0.25) is 20.0 Å². The molecule has 3 heterocycles. The minimum Gasteiger partial charge on any atom is -0.301 e. The molecule has 2 saturated heterocycles. The summed E-state index contributed by atoms with van der Waals surface area (Å²) in [5.41, 5.74) is 5.58. The molecule has 8 heteroatoms. The SMILES string of the molecule is CC1=NCCN=C(C)C2CCCC(N2)C(C)=NCC(Cc2ccc(N=C=S)cc2)N=CC2CCCC1N2. The van der Waals surface area contributed by atoms with Gasteiger partial charge in [0.1, 0.15) is 0 Å². The Morgan fingerprint density at radius 2 is 1.43 bits per heavy atom. The van der Waals surface area contributed by atoms with Crippen LogP contribution in [0.4, 0.5) is 5.69 Å². The molecule has 1 aromatic rings. The summed E-state index contributed by atoms with van der Waals surface area (Å²) in [4.78, 5) is 24.0. The first-order chi connectivity index (χ1) is 18.0. The minimum atomic E-state index is 0.0772. The third-order valence-corrected chi connectivity index (χ3v) is 7.85. The highest BCUT2D eigenvalue weighted by Crippen LogP contribution is 2.18. The topological polar surface area (TPSA) is 85.9 Å². The number of piperidine rings is 2. The van der Waals surface area contributed by atoms with Crippen LogP contribution >= 0.6 is 12.2 Å². The van der Waals surface area contributed by atoms with E-state index in [0.29, 0.717) is 24.7 Å². The molecule has 0 radical (unpaired) electrons. The maximum atomic E-state index is 5.09. The van der Waals surface area contributed by atoms with Crippen LogP contribution in [0, 0.1) is 0 Å². The summed E-state index contributed by atoms with van der Waals surface area (Å²) in [6.07, 6.45) is 9.80. The Balaban J connectivity index is 1.57. The number of aliphatic imine (C=N–C) groups is 5. The van der Waals surface area contributed by atoms with Gasteiger partial charge in [0.2, 0.25) is 0 Å². The van der Waals surface area contributed by atoms with Crippen molar-refractivity contribution in [3.8, 4) is 0 Å². The van der Waals surface area contributed by atoms with Crippen molar-refractivity contribution >= 4 is 46.4 Å². The Bertz CT molecular complexity index is 1070. The van der Waals surface area contributed by atoms with Crippen LogP contribution in [-0.2, 0) is 6.42 Å². The summed E-state index contributed by atoms with van der Waals surface area (Å²) >= 11 is 4.73. The highest BCUT2D eigenvalue weighted by molar-refractivity contribution is 7.78. The van der Waals surface area contributed by atoms with Gasteiger partial charge in [-0.2, -0.15) is 4.99 Å². The van der Waals surface area contributed by atoms with Crippen LogP contribution in [0.5, 0.6) is 0 Å². The van der Waals surface area contributed by atoms with Crippen molar-refractivity contribution in [2.24, 2.45) is 25.0 Å². The molecule has 4 bridgehead atoms. The van der Waals surface area contributed by atoms with Crippen LogP contribution < -0.4 is 10.6 Å². The van der Waals surface area contributed by atoms with Crippen LogP contribution in [0.25, 0.3) is 0 Å². The van der Waals surface area contributed by atoms with Crippen molar-refractivity contribution in [3.63, 3.8) is 0 Å². The third-order valence-electron chi connectivity index (χ3n) is 7.76. The van der Waals surface area contributed by atoms with Crippen LogP contribution in [0.15, 0.2) is 49.2 Å². The van der Waals surface area contributed by atoms with E-state index >= 15 is 0 Å². The molecule has 37 heavy (non-hydrogen) atoms. The molecule has 0 aliphatic carbocycles. The third kappa shape index (κ3) is 8.30. The first-order valence-electron chi connectivity index (χ1n) is 13.8. The minimum absolute atomic E-state index is 0.0772. The van der Waals surface area contributed by atoms with Crippen molar-refractivity contribution < 1.29 is 0 Å². The average Bonchev–Trinajstić information content (AvgIpc) is 2.93. The molecular weight excluding hydrogens is 478 g/mol. The predicted octanol–water partition coefficient (Wildman–Crippen LogP) is 4.82. The Kier molecular flexibility index (Phi) is 10.4. The first-order valence-corrected chi connectivity index (χ1v) is 14.2. The molecule has 3 aliphatic heterocycles. The molecule has 3 aliphatic rings. The van der Waals surface area contributed by atoms with Crippen LogP contribution in [-0.4, -0.2) is 78.4 Å². The smallest absolute Gasteiger partial charge is 0.0739 e. The number of isothiocyanates is 1. The van der Waals surface area contributed by atoms with Crippen molar-refractivity contribution in [2.45, 2.75) is 95.9 Å². The number of hydrogen-bond acceptors (Lipinski definition) is 8. The van der Waals surface area contributed by atoms with Gasteiger partial charge in [0, 0.05) is 47.5 Å². The van der Waals surface area contributed by atoms with Crippen molar-refractivity contribution in [3.05, 3.63) is 29.8 Å². The second kappa shape index (κ2) is 14.0. The molecule has 0 amide bonds. The summed E-state index contributed by atoms with van der Waals surface area (Å²) in [5, 5.41) is 10.0. The highest BCUT2D eigenvalue weighted by Gasteiger charge is 2.25. The summed E-state index contributed by atoms with van der Waals surface area (Å²) in [6.45, 7) is 8.63. The lowest BCUT2D eigenvalue weighted by molar-refractivity contribution is 0.425. The van der Waals surface area contributed by atoms with Gasteiger partial charge in [-0.1, -0.05) is 12.1 Å². The fraction of sp³-hybridized carbons (Fsp3) is 0.621. The zero-order valence-electron chi connectivity index (χ0n) is 22.5. The first kappa shape index (κ1) is 27.6. The molecule has 5 atom stereocenters. The maximum Gasteiger partial charge on any atom is 0.0739 e. The van der Waals surface area contributed by atoms with Gasteiger partial charge in [0.15, 0.2) is 0 Å². The molecule has 0 saturated carbocycles. The summed E-state index contributed by atoms with van der Waals surface area (Å²) in [6, 6.07) is 9.43. The lowest BCUT2D eigenvalue weighted by Gasteiger charge is -2.31. The molecule has 0 spiro atoms. The van der Waals surface area contributed by atoms with Gasteiger partial charge < -0.3 is 10.6 Å². The molecule has 5 unspecified atom stereocenters. The largest absolute Gasteiger partial charge is 0.301 e. The molecule has 1 aromatic carbocycles. The fourth-order valence-electron chi connectivity index (χ4n) is 5.46. The number of benzene rings is 1. The molecule has 7 nitrogen and oxygen atoms in total. The number of hydrogen-bond donors (Lipinski definition) is 2. The number of fused-ring (bicyclic) bond motifs is 4. The van der Waals surface area contributed by atoms with Gasteiger partial charge >= 0.3 is 0 Å². The lowest BCUT2D eigenvalue weighted by atomic mass is 9.93. The van der Waals surface area contributed by atoms with E-state index in [1.807, 2.05) is 12.1 Å². The van der Waals surface area contributed by atoms with E-state index in [1.54, 1.807) is 0 Å². The van der Waals surface area contributed by atoms with E-state index in [-0.39, 0.29) is 12.1 Å². The Hall–Kier alpha value is -2.38. The van der Waals surface area contributed by atoms with E-state index < -0.39 is 0 Å². The maximum absolute atomic E-state index is 5.09. The summed E-state index contributed by atoms with van der Waals surface area (Å²) in [7, 11) is 0. The van der Waals surface area contributed by atoms with Gasteiger partial charge in [-0.15, -0.1) is 0 Å². The van der Waals surface area contributed by atoms with Crippen molar-refractivity contribution in [1.82, 2.24) is 10.6 Å². The quantitative estimate of drug-likeness (QED) is 0.443. The number of rotatable bonds is 3. The molecular formula is C29H41N7S. The summed E-state index contributed by atoms with van der Waals surface area (Å²) in [5.74, 6) is 0. The predicted molar refractivity (Wildman–Crippen MR) is 160 cm³/mol. The molecule has 2 N–H and O–H groups in total. The zero-order chi connectivity index (χ0) is 26.0. The van der Waals surface area contributed by atoms with Gasteiger partial charge in [0.05, 0.1) is 36.5 Å². The fourth-order valence-corrected chi connectivity index (χ4v) is 5.57. The Labute approximate surface area is 227 Å². The second-order valence-electron chi connectivity index (χ2n) is 10.5. The normalized spacial score (nSPS) is 29.6. The van der Waals surface area contributed by atoms with Crippen molar-refractivity contribution in [1.29, 1.82) is 0 Å². The molecule has 2 fully saturated rings. The van der Waals surface area contributed by atoms with Gasteiger partial charge in [0.25, 0.3) is 0 Å². The number of thiocarbonyl (C=S) groups is 1. The van der Waals surface area contributed by atoms with E-state index in [9.17, 15) is 0 Å². The number of nitrogens with one attached hydrogen (secondary N) is 2. The van der Waals surface area contributed by atoms with E-state index in [4.69, 9.17) is 32.2 Å². The van der Waals surface area contributed by atoms with Crippen LogP contribution in [0.1, 0.15) is 64.9 Å². The molecule has 0 aromatic heterocycles. The van der Waals surface area contributed by atoms with E-state index in [0.717, 1.165) is 50.9 Å². The lowest BCUT2D eigenvalue weighted by Crippen LogP contribution is -2.49. The van der Waals surface area contributed by atoms with Crippen molar-refractivity contribution in [2.75, 3.05) is 19.6 Å². The molecule has 4 rings (SSSR count). The Morgan fingerprint density at radius 1 is 0.838 bits per heavy atom. The van der Waals surface area contributed by atoms with E-state index in [1.165, 1.54) is 35.5 Å². The van der Waals surface area contributed by atoms with Gasteiger partial charge in [-0.25, -0.2) is 0 Å². The van der Waals surface area contributed by atoms with Gasteiger partial charge in [-0.05, 0) is 95.6 Å². The zero-order valence-corrected chi connectivity index (χ0v) is 23.3. The average molecular weight is 520 g/mol. The van der Waals surface area contributed by atoms with Crippen LogP contribution in [0.3, 0.4) is 0 Å². The second-order valence-corrected chi connectivity index (χ2v) is 10.7. The number of nitrogens with zero attached hydrogens (tertiary/aromatic N) is 5. The summed E-state index contributed by atoms with van der Waals surface area (Å²) < 4.78 is 0. The Morgan fingerprint density at radius 3 is 2.08 bits per heavy atom. The molecule has 198 valence electrons. The van der Waals surface area contributed by atoms with E-state index in [2.05, 4.69) is 59.9 Å². The monoisotopic (exact) mass is 519 g/mol.